The zero-order valence-electron chi connectivity index (χ0n) is 48.4. The number of ether oxygens (including phenoxy) is 2. The highest BCUT2D eigenvalue weighted by Crippen LogP contribution is 2.47. The Morgan fingerprint density at radius 1 is 0.500 bits per heavy atom. The van der Waals surface area contributed by atoms with Gasteiger partial charge < -0.3 is 57.3 Å². The average molecular weight is 1100 g/mol. The summed E-state index contributed by atoms with van der Waals surface area (Å²) < 4.78 is 43.9. The van der Waals surface area contributed by atoms with Crippen LogP contribution in [0.15, 0.2) is 0 Å². The third-order valence-electron chi connectivity index (χ3n) is 16.0. The Hall–Kier alpha value is -1.63. The summed E-state index contributed by atoms with van der Waals surface area (Å²) in [7, 11) is 4.40. The molecule has 424 valence electrons. The molecule has 0 aromatic carbocycles. The van der Waals surface area contributed by atoms with Crippen LogP contribution >= 0.6 is 23.5 Å². The number of alkyl carbamates (subject to hydrolysis) is 2. The van der Waals surface area contributed by atoms with Gasteiger partial charge in [-0.05, 0) is 112 Å². The molecule has 4 amide bonds. The van der Waals surface area contributed by atoms with Crippen molar-refractivity contribution in [3.8, 4) is 0 Å². The van der Waals surface area contributed by atoms with Gasteiger partial charge in [-0.1, -0.05) is 107 Å². The number of nitrogens with one attached hydrogen (secondary N) is 4. The molecule has 0 spiro atoms. The molecule has 20 heteroatoms. The van der Waals surface area contributed by atoms with Gasteiger partial charge in [0.1, 0.15) is 0 Å². The molecule has 0 heterocycles. The molecular formula is C52H104N4O12S2Si2. The minimum Gasteiger partial charge on any atom is -0.449 e. The summed E-state index contributed by atoms with van der Waals surface area (Å²) in [6, 6.07) is 1.42. The fourth-order valence-corrected chi connectivity index (χ4v) is 16.7. The highest BCUT2D eigenvalue weighted by molar-refractivity contribution is 8.13. The highest BCUT2D eigenvalue weighted by Gasteiger charge is 2.44. The molecule has 2 saturated carbocycles. The molecule has 72 heavy (non-hydrogen) atoms. The Morgan fingerprint density at radius 3 is 1.22 bits per heavy atom. The van der Waals surface area contributed by atoms with E-state index in [4.69, 9.17) is 36.0 Å². The molecule has 0 aromatic rings. The van der Waals surface area contributed by atoms with Crippen molar-refractivity contribution in [2.45, 2.75) is 197 Å². The van der Waals surface area contributed by atoms with Crippen molar-refractivity contribution in [2.75, 3.05) is 80.5 Å². The number of rotatable bonds is 30. The quantitative estimate of drug-likeness (QED) is 0.0392. The fourth-order valence-electron chi connectivity index (χ4n) is 11.4. The van der Waals surface area contributed by atoms with E-state index < -0.39 is 17.6 Å². The van der Waals surface area contributed by atoms with Crippen molar-refractivity contribution in [3.05, 3.63) is 0 Å². The topological polar surface area (TPSA) is 190 Å². The largest absolute Gasteiger partial charge is 0.500 e. The maximum atomic E-state index is 12.7. The van der Waals surface area contributed by atoms with Crippen LogP contribution < -0.4 is 21.3 Å². The van der Waals surface area contributed by atoms with Crippen LogP contribution in [0.25, 0.3) is 0 Å². The van der Waals surface area contributed by atoms with Crippen molar-refractivity contribution in [1.82, 2.24) is 21.3 Å². The summed E-state index contributed by atoms with van der Waals surface area (Å²) in [5, 5.41) is 12.4. The first kappa shape index (κ1) is 68.4. The molecule has 2 fully saturated rings. The van der Waals surface area contributed by atoms with E-state index in [2.05, 4.69) is 104 Å². The van der Waals surface area contributed by atoms with Crippen molar-refractivity contribution in [3.63, 3.8) is 0 Å². The van der Waals surface area contributed by atoms with Gasteiger partial charge in [0.25, 0.3) is 10.5 Å². The fraction of sp³-hybridized carbons (Fsp3) is 0.923. The van der Waals surface area contributed by atoms with Crippen molar-refractivity contribution in [2.24, 2.45) is 32.5 Å². The van der Waals surface area contributed by atoms with Gasteiger partial charge in [-0.3, -0.25) is 9.59 Å². The highest BCUT2D eigenvalue weighted by atomic mass is 32.2. The van der Waals surface area contributed by atoms with Crippen LogP contribution in [0.3, 0.4) is 0 Å². The zero-order valence-corrected chi connectivity index (χ0v) is 52.1. The zero-order chi connectivity index (χ0) is 54.9. The van der Waals surface area contributed by atoms with E-state index in [1.807, 2.05) is 0 Å². The van der Waals surface area contributed by atoms with Gasteiger partial charge >= 0.3 is 29.8 Å². The number of carbonyl (C=O) groups is 4. The third-order valence-corrected chi connectivity index (χ3v) is 23.4. The third kappa shape index (κ3) is 23.7. The second-order valence-corrected chi connectivity index (χ2v) is 31.2. The van der Waals surface area contributed by atoms with Gasteiger partial charge in [-0.2, -0.15) is 0 Å². The summed E-state index contributed by atoms with van der Waals surface area (Å²) in [4.78, 5) is 50.3. The molecule has 0 bridgehead atoms. The second-order valence-electron chi connectivity index (χ2n) is 22.9. The summed E-state index contributed by atoms with van der Waals surface area (Å²) in [6.07, 6.45) is 12.2. The minimum absolute atomic E-state index is 0.0121. The Labute approximate surface area is 448 Å². The molecule has 0 radical (unpaired) electrons. The first-order valence-corrected chi connectivity index (χ1v) is 32.5. The molecule has 0 aromatic heterocycles. The van der Waals surface area contributed by atoms with Crippen molar-refractivity contribution >= 4 is 63.8 Å². The van der Waals surface area contributed by atoms with E-state index in [0.29, 0.717) is 49.9 Å². The first-order chi connectivity index (χ1) is 33.7. The summed E-state index contributed by atoms with van der Waals surface area (Å²) in [5.74, 6) is 1.34. The molecule has 0 saturated heterocycles. The number of amides is 4. The average Bonchev–Trinajstić information content (AvgIpc) is 3.33. The van der Waals surface area contributed by atoms with Gasteiger partial charge in [0.05, 0.1) is 13.2 Å². The molecule has 4 N–H and O–H groups in total. The van der Waals surface area contributed by atoms with Crippen LogP contribution in [0.1, 0.15) is 173 Å². The maximum absolute atomic E-state index is 12.7. The number of thioether (sulfide) groups is 2. The molecule has 4 atom stereocenters. The van der Waals surface area contributed by atoms with Gasteiger partial charge in [-0.15, -0.1) is 0 Å². The maximum Gasteiger partial charge on any atom is 0.500 e. The molecule has 2 aliphatic rings. The molecule has 16 nitrogen and oxygen atoms in total. The van der Waals surface area contributed by atoms with Gasteiger partial charge in [-0.25, -0.2) is 9.59 Å². The SMILES string of the molecule is CCC(CC)(CC)COC(=O)NC1CC(C)(C)CC(C)(CNC(=O)SCCC[Si](OC)(OC)OC)C1.CCC(CC)(CC)COC(=O)NCC1(C)CC(NC(=O)SCCC[Si](OC)(OC)OC)CC(C)(C)C1. The Kier molecular flexibility index (Phi) is 30.6. The number of carbonyl (C=O) groups excluding carboxylic acids is 4. The lowest BCUT2D eigenvalue weighted by Gasteiger charge is -2.46. The van der Waals surface area contributed by atoms with Crippen LogP contribution in [0.5, 0.6) is 0 Å². The van der Waals surface area contributed by atoms with Gasteiger partial charge in [0.15, 0.2) is 0 Å². The van der Waals surface area contributed by atoms with Crippen LogP contribution in [0.4, 0.5) is 19.2 Å². The molecule has 2 rings (SSSR count). The van der Waals surface area contributed by atoms with E-state index in [9.17, 15) is 19.2 Å². The van der Waals surface area contributed by atoms with Gasteiger partial charge in [0, 0.05) is 102 Å². The predicted molar refractivity (Wildman–Crippen MR) is 299 cm³/mol. The molecule has 4 unspecified atom stereocenters. The van der Waals surface area contributed by atoms with E-state index in [1.165, 1.54) is 23.5 Å². The van der Waals surface area contributed by atoms with Crippen LogP contribution in [0.2, 0.25) is 12.1 Å². The normalized spacial score (nSPS) is 22.2. The monoisotopic (exact) mass is 1100 g/mol. The molecule has 2 aliphatic carbocycles. The number of hydrogen-bond donors (Lipinski definition) is 4. The Morgan fingerprint density at radius 2 is 0.847 bits per heavy atom. The van der Waals surface area contributed by atoms with Crippen LogP contribution in [0, 0.1) is 32.5 Å². The van der Waals surface area contributed by atoms with E-state index >= 15 is 0 Å². The molecular weight excluding hydrogens is 993 g/mol. The summed E-state index contributed by atoms with van der Waals surface area (Å²) in [5.41, 5.74) is -0.0101. The van der Waals surface area contributed by atoms with Gasteiger partial charge in [0.2, 0.25) is 0 Å². The Balaban J connectivity index is 0.000000720. The van der Waals surface area contributed by atoms with Crippen LogP contribution in [-0.2, 0) is 36.0 Å². The minimum atomic E-state index is -2.60. The van der Waals surface area contributed by atoms with E-state index in [1.54, 1.807) is 42.7 Å². The summed E-state index contributed by atoms with van der Waals surface area (Å²) >= 11 is 2.57. The van der Waals surface area contributed by atoms with E-state index in [-0.39, 0.29) is 67.2 Å². The second kappa shape index (κ2) is 32.2. The summed E-state index contributed by atoms with van der Waals surface area (Å²) in [6.45, 7) is 28.3. The Bertz CT molecular complexity index is 1570. The van der Waals surface area contributed by atoms with Crippen molar-refractivity contribution < 1.29 is 55.2 Å². The predicted octanol–water partition coefficient (Wildman–Crippen LogP) is 12.4. The lowest BCUT2D eigenvalue weighted by atomic mass is 9.62. The van der Waals surface area contributed by atoms with Crippen LogP contribution in [-0.4, -0.2) is 133 Å². The lowest BCUT2D eigenvalue weighted by molar-refractivity contribution is 0.0502. The molecule has 0 aliphatic heterocycles. The van der Waals surface area contributed by atoms with Crippen molar-refractivity contribution in [1.29, 1.82) is 0 Å². The number of hydrogen-bond acceptors (Lipinski definition) is 14. The standard InChI is InChI=1S/2C26H52N2O6SSi/c1-10-26(11-2,12-3)20-34-22(29)28-21-16-24(4,5)18-25(6,17-21)19-27-23(30)35-14-13-15-36(31-7,32-8)33-9;1-10-26(11-2,12-3)20-34-22(29)27-19-25(6)17-21(16-24(4,5)18-25)28-23(30)35-14-13-15-36(31-7,32-8)33-9/h21H,10-20H2,1-9H3,(H,27,30)(H,28,29);21H,10-20H2,1-9H3,(H,27,29)(H,28,30). The first-order valence-electron chi connectivity index (χ1n) is 26.7. The smallest absolute Gasteiger partial charge is 0.449 e. The lowest BCUT2D eigenvalue weighted by Crippen LogP contribution is -2.50. The van der Waals surface area contributed by atoms with E-state index in [0.717, 1.165) is 89.9 Å².